The molecule has 0 rings (SSSR count). The average molecular weight is 198 g/mol. The Hall–Kier alpha value is -1.05. The molecule has 0 bridgehead atoms. The highest BCUT2D eigenvalue weighted by molar-refractivity contribution is 5.77. The molecule has 4 heteroatoms. The molecule has 0 saturated heterocycles. The van der Waals surface area contributed by atoms with E-state index in [4.69, 9.17) is 11.2 Å². The average Bonchev–Trinajstić information content (AvgIpc) is 2.20. The predicted octanol–water partition coefficient (Wildman–Crippen LogP) is -0.248. The van der Waals surface area contributed by atoms with Crippen LogP contribution in [0, 0.1) is 12.3 Å². The molecular formula is C10H18N2O2. The van der Waals surface area contributed by atoms with E-state index in [9.17, 15) is 4.79 Å². The third-order valence-corrected chi connectivity index (χ3v) is 1.47. The van der Waals surface area contributed by atoms with Crippen LogP contribution >= 0.6 is 0 Å². The van der Waals surface area contributed by atoms with Gasteiger partial charge in [0.05, 0.1) is 13.2 Å². The number of nitrogens with one attached hydrogen (secondary N) is 2. The standard InChI is InChI=1S/C10H18N2O2/c1-3-5-11-7-8-14-9-10(13)12-6-4-2/h2,11H,3,5-9H2,1H3,(H,12,13). The van der Waals surface area contributed by atoms with Crippen LogP contribution in [0.2, 0.25) is 0 Å². The van der Waals surface area contributed by atoms with Crippen LogP contribution in [0.15, 0.2) is 0 Å². The minimum Gasteiger partial charge on any atom is -0.370 e. The highest BCUT2D eigenvalue weighted by Gasteiger charge is 1.97. The van der Waals surface area contributed by atoms with E-state index in [-0.39, 0.29) is 19.1 Å². The molecule has 2 N–H and O–H groups in total. The van der Waals surface area contributed by atoms with Crippen LogP contribution in [0.5, 0.6) is 0 Å². The van der Waals surface area contributed by atoms with E-state index in [0.717, 1.165) is 19.5 Å². The molecule has 0 aromatic heterocycles. The van der Waals surface area contributed by atoms with Crippen LogP contribution in [-0.4, -0.2) is 38.8 Å². The zero-order chi connectivity index (χ0) is 10.6. The summed E-state index contributed by atoms with van der Waals surface area (Å²) in [6.45, 7) is 4.74. The summed E-state index contributed by atoms with van der Waals surface area (Å²) in [5.41, 5.74) is 0. The van der Waals surface area contributed by atoms with Gasteiger partial charge >= 0.3 is 0 Å². The van der Waals surface area contributed by atoms with Gasteiger partial charge in [-0.05, 0) is 13.0 Å². The van der Waals surface area contributed by atoms with Gasteiger partial charge in [0, 0.05) is 6.54 Å². The number of amides is 1. The molecule has 0 aliphatic heterocycles. The number of rotatable bonds is 8. The molecular weight excluding hydrogens is 180 g/mol. The Bertz CT molecular complexity index is 187. The van der Waals surface area contributed by atoms with E-state index in [0.29, 0.717) is 6.61 Å². The van der Waals surface area contributed by atoms with E-state index < -0.39 is 0 Å². The molecule has 0 spiro atoms. The molecule has 4 nitrogen and oxygen atoms in total. The Morgan fingerprint density at radius 2 is 2.29 bits per heavy atom. The number of ether oxygens (including phenoxy) is 1. The van der Waals surface area contributed by atoms with Gasteiger partial charge in [0.2, 0.25) is 5.91 Å². The maximum atomic E-state index is 10.9. The van der Waals surface area contributed by atoms with Crippen LogP contribution in [0.25, 0.3) is 0 Å². The Morgan fingerprint density at radius 1 is 1.50 bits per heavy atom. The van der Waals surface area contributed by atoms with Gasteiger partial charge in [-0.2, -0.15) is 0 Å². The third kappa shape index (κ3) is 9.04. The molecule has 0 atom stereocenters. The molecule has 0 heterocycles. The van der Waals surface area contributed by atoms with Crippen LogP contribution in [0.4, 0.5) is 0 Å². The van der Waals surface area contributed by atoms with Gasteiger partial charge in [-0.25, -0.2) is 0 Å². The van der Waals surface area contributed by atoms with Crippen LogP contribution in [-0.2, 0) is 9.53 Å². The third-order valence-electron chi connectivity index (χ3n) is 1.47. The molecule has 1 amide bonds. The molecule has 0 aromatic rings. The number of hydrogen-bond donors (Lipinski definition) is 2. The normalized spacial score (nSPS) is 9.43. The summed E-state index contributed by atoms with van der Waals surface area (Å²) >= 11 is 0. The lowest BCUT2D eigenvalue weighted by atomic mass is 10.5. The molecule has 0 aliphatic carbocycles. The summed E-state index contributed by atoms with van der Waals surface area (Å²) in [5, 5.41) is 5.68. The van der Waals surface area contributed by atoms with Crippen molar-refractivity contribution in [2.75, 3.05) is 32.8 Å². The lowest BCUT2D eigenvalue weighted by Crippen LogP contribution is -2.29. The molecule has 0 aliphatic rings. The number of hydrogen-bond acceptors (Lipinski definition) is 3. The topological polar surface area (TPSA) is 50.4 Å². The zero-order valence-corrected chi connectivity index (χ0v) is 8.64. The van der Waals surface area contributed by atoms with Crippen LogP contribution in [0.1, 0.15) is 13.3 Å². The maximum absolute atomic E-state index is 10.9. The fourth-order valence-electron chi connectivity index (χ4n) is 0.812. The number of terminal acetylenes is 1. The van der Waals surface area contributed by atoms with E-state index in [1.807, 2.05) is 0 Å². The fraction of sp³-hybridized carbons (Fsp3) is 0.700. The van der Waals surface area contributed by atoms with Crippen molar-refractivity contribution in [2.24, 2.45) is 0 Å². The van der Waals surface area contributed by atoms with Gasteiger partial charge in [-0.15, -0.1) is 6.42 Å². The van der Waals surface area contributed by atoms with Crippen molar-refractivity contribution < 1.29 is 9.53 Å². The largest absolute Gasteiger partial charge is 0.370 e. The Kier molecular flexibility index (Phi) is 9.28. The predicted molar refractivity (Wildman–Crippen MR) is 55.8 cm³/mol. The van der Waals surface area contributed by atoms with E-state index in [1.54, 1.807) is 0 Å². The van der Waals surface area contributed by atoms with Crippen molar-refractivity contribution in [1.29, 1.82) is 0 Å². The van der Waals surface area contributed by atoms with Crippen molar-refractivity contribution in [3.8, 4) is 12.3 Å². The smallest absolute Gasteiger partial charge is 0.246 e. The van der Waals surface area contributed by atoms with Gasteiger partial charge in [0.15, 0.2) is 0 Å². The van der Waals surface area contributed by atoms with Crippen LogP contribution < -0.4 is 10.6 Å². The zero-order valence-electron chi connectivity index (χ0n) is 8.64. The van der Waals surface area contributed by atoms with E-state index in [1.165, 1.54) is 0 Å². The van der Waals surface area contributed by atoms with Crippen molar-refractivity contribution in [3.63, 3.8) is 0 Å². The van der Waals surface area contributed by atoms with Gasteiger partial charge < -0.3 is 15.4 Å². The monoisotopic (exact) mass is 198 g/mol. The molecule has 0 saturated carbocycles. The Morgan fingerprint density at radius 3 is 2.93 bits per heavy atom. The van der Waals surface area contributed by atoms with Crippen molar-refractivity contribution >= 4 is 5.91 Å². The van der Waals surface area contributed by atoms with Gasteiger partial charge in [0.1, 0.15) is 6.61 Å². The highest BCUT2D eigenvalue weighted by atomic mass is 16.5. The lowest BCUT2D eigenvalue weighted by Gasteiger charge is -2.04. The first kappa shape index (κ1) is 12.9. The molecule has 14 heavy (non-hydrogen) atoms. The number of carbonyl (C=O) groups excluding carboxylic acids is 1. The summed E-state index contributed by atoms with van der Waals surface area (Å²) in [5.74, 6) is 2.15. The molecule has 0 unspecified atom stereocenters. The summed E-state index contributed by atoms with van der Waals surface area (Å²) in [4.78, 5) is 10.9. The Balaban J connectivity index is 3.11. The second kappa shape index (κ2) is 10.0. The molecule has 0 aromatic carbocycles. The van der Waals surface area contributed by atoms with Crippen LogP contribution in [0.3, 0.4) is 0 Å². The van der Waals surface area contributed by atoms with Gasteiger partial charge in [-0.1, -0.05) is 12.8 Å². The second-order valence-electron chi connectivity index (χ2n) is 2.78. The summed E-state index contributed by atoms with van der Waals surface area (Å²) in [6, 6.07) is 0. The maximum Gasteiger partial charge on any atom is 0.246 e. The molecule has 80 valence electrons. The highest BCUT2D eigenvalue weighted by Crippen LogP contribution is 1.75. The SMILES string of the molecule is C#CCNC(=O)COCCNCCC. The Labute approximate surface area is 85.4 Å². The minimum atomic E-state index is -0.168. The second-order valence-corrected chi connectivity index (χ2v) is 2.78. The summed E-state index contributed by atoms with van der Waals surface area (Å²) in [6.07, 6.45) is 6.07. The van der Waals surface area contributed by atoms with Gasteiger partial charge in [-0.3, -0.25) is 4.79 Å². The summed E-state index contributed by atoms with van der Waals surface area (Å²) < 4.78 is 5.10. The van der Waals surface area contributed by atoms with Crippen molar-refractivity contribution in [3.05, 3.63) is 0 Å². The van der Waals surface area contributed by atoms with Crippen molar-refractivity contribution in [1.82, 2.24) is 10.6 Å². The van der Waals surface area contributed by atoms with E-state index in [2.05, 4.69) is 23.5 Å². The fourth-order valence-corrected chi connectivity index (χ4v) is 0.812. The first-order valence-corrected chi connectivity index (χ1v) is 4.80. The van der Waals surface area contributed by atoms with Gasteiger partial charge in [0.25, 0.3) is 0 Å². The molecule has 0 fully saturated rings. The summed E-state index contributed by atoms with van der Waals surface area (Å²) in [7, 11) is 0. The van der Waals surface area contributed by atoms with Crippen molar-refractivity contribution in [2.45, 2.75) is 13.3 Å². The minimum absolute atomic E-state index is 0.0789. The quantitative estimate of drug-likeness (QED) is 0.418. The first-order chi connectivity index (χ1) is 6.81. The first-order valence-electron chi connectivity index (χ1n) is 4.80. The van der Waals surface area contributed by atoms with E-state index >= 15 is 0 Å². The number of carbonyl (C=O) groups is 1. The molecule has 0 radical (unpaired) electrons. The lowest BCUT2D eigenvalue weighted by molar-refractivity contribution is -0.125.